The first-order valence-corrected chi connectivity index (χ1v) is 10.5. The molecule has 0 unspecified atom stereocenters. The lowest BCUT2D eigenvalue weighted by Gasteiger charge is -2.36. The highest BCUT2D eigenvalue weighted by Gasteiger charge is 2.25. The summed E-state index contributed by atoms with van der Waals surface area (Å²) < 4.78 is 0. The number of hydrogen-bond donors (Lipinski definition) is 0. The molecule has 0 spiro atoms. The Balaban J connectivity index is 1.39. The molecule has 29 heavy (non-hydrogen) atoms. The van der Waals surface area contributed by atoms with Gasteiger partial charge in [-0.1, -0.05) is 25.1 Å². The van der Waals surface area contributed by atoms with Crippen molar-refractivity contribution in [2.45, 2.75) is 19.8 Å². The summed E-state index contributed by atoms with van der Waals surface area (Å²) in [7, 11) is 0. The second-order valence-corrected chi connectivity index (χ2v) is 8.02. The third kappa shape index (κ3) is 4.42. The van der Waals surface area contributed by atoms with Crippen molar-refractivity contribution < 1.29 is 9.59 Å². The normalized spacial score (nSPS) is 18.0. The van der Waals surface area contributed by atoms with E-state index in [1.165, 1.54) is 5.69 Å². The van der Waals surface area contributed by atoms with Gasteiger partial charge in [0, 0.05) is 56.7 Å². The van der Waals surface area contributed by atoms with Crippen molar-refractivity contribution in [2.24, 2.45) is 5.92 Å². The van der Waals surface area contributed by atoms with E-state index in [1.807, 2.05) is 28.0 Å². The number of hydrogen-bond acceptors (Lipinski definition) is 4. The molecule has 2 fully saturated rings. The number of benzene rings is 1. The van der Waals surface area contributed by atoms with Crippen LogP contribution < -0.4 is 4.90 Å². The van der Waals surface area contributed by atoms with E-state index in [0.29, 0.717) is 30.3 Å². The standard InChI is InChI=1S/C23H28N4O2/c1-18-8-11-26(12-9-18)22(28)19-7-10-24-21(17-19)23(29)27-15-13-25(14-16-27)20-5-3-2-4-6-20/h2-7,10,17-18H,8-9,11-16H2,1H3. The minimum Gasteiger partial charge on any atom is -0.368 e. The Morgan fingerprint density at radius 3 is 2.21 bits per heavy atom. The largest absolute Gasteiger partial charge is 0.368 e. The van der Waals surface area contributed by atoms with Gasteiger partial charge in [0.1, 0.15) is 5.69 Å². The van der Waals surface area contributed by atoms with Crippen LogP contribution >= 0.6 is 0 Å². The van der Waals surface area contributed by atoms with Crippen LogP contribution in [0.15, 0.2) is 48.7 Å². The maximum atomic E-state index is 13.0. The van der Waals surface area contributed by atoms with Gasteiger partial charge in [-0.05, 0) is 43.0 Å². The SMILES string of the molecule is CC1CCN(C(=O)c2ccnc(C(=O)N3CCN(c4ccccc4)CC3)c2)CC1. The molecule has 0 saturated carbocycles. The molecule has 2 aliphatic rings. The minimum atomic E-state index is -0.0976. The van der Waals surface area contributed by atoms with Gasteiger partial charge in [0.05, 0.1) is 0 Å². The van der Waals surface area contributed by atoms with E-state index < -0.39 is 0 Å². The number of likely N-dealkylation sites (tertiary alicyclic amines) is 1. The number of rotatable bonds is 3. The first kappa shape index (κ1) is 19.4. The van der Waals surface area contributed by atoms with Gasteiger partial charge < -0.3 is 14.7 Å². The van der Waals surface area contributed by atoms with E-state index in [-0.39, 0.29) is 11.8 Å². The molecule has 0 N–H and O–H groups in total. The van der Waals surface area contributed by atoms with Crippen LogP contribution in [-0.4, -0.2) is 65.9 Å². The maximum absolute atomic E-state index is 13.0. The van der Waals surface area contributed by atoms with Crippen molar-refractivity contribution in [1.82, 2.24) is 14.8 Å². The lowest BCUT2D eigenvalue weighted by atomic mass is 9.98. The molecular weight excluding hydrogens is 364 g/mol. The Kier molecular flexibility index (Phi) is 5.79. The Hall–Kier alpha value is -2.89. The lowest BCUT2D eigenvalue weighted by Crippen LogP contribution is -2.49. The summed E-state index contributed by atoms with van der Waals surface area (Å²) in [4.78, 5) is 36.0. The average Bonchev–Trinajstić information content (AvgIpc) is 2.79. The van der Waals surface area contributed by atoms with Crippen LogP contribution in [0.4, 0.5) is 5.69 Å². The number of aromatic nitrogens is 1. The topological polar surface area (TPSA) is 56.8 Å². The molecule has 0 bridgehead atoms. The summed E-state index contributed by atoms with van der Waals surface area (Å²) in [5.74, 6) is 0.574. The summed E-state index contributed by atoms with van der Waals surface area (Å²) in [5, 5.41) is 0. The van der Waals surface area contributed by atoms with Crippen LogP contribution in [0.3, 0.4) is 0 Å². The number of piperidine rings is 1. The third-order valence-electron chi connectivity index (χ3n) is 5.99. The number of carbonyl (C=O) groups is 2. The zero-order valence-electron chi connectivity index (χ0n) is 17.0. The van der Waals surface area contributed by atoms with E-state index in [2.05, 4.69) is 28.9 Å². The van der Waals surface area contributed by atoms with Gasteiger partial charge in [-0.3, -0.25) is 14.6 Å². The van der Waals surface area contributed by atoms with Crippen LogP contribution in [0, 0.1) is 5.92 Å². The number of anilines is 1. The fourth-order valence-electron chi connectivity index (χ4n) is 4.04. The Morgan fingerprint density at radius 1 is 0.862 bits per heavy atom. The molecule has 2 aliphatic heterocycles. The highest BCUT2D eigenvalue weighted by molar-refractivity contribution is 5.98. The van der Waals surface area contributed by atoms with E-state index in [9.17, 15) is 9.59 Å². The van der Waals surface area contributed by atoms with Gasteiger partial charge in [-0.25, -0.2) is 0 Å². The number of nitrogens with zero attached hydrogens (tertiary/aromatic N) is 4. The number of para-hydroxylation sites is 1. The summed E-state index contributed by atoms with van der Waals surface area (Å²) >= 11 is 0. The molecule has 3 heterocycles. The average molecular weight is 393 g/mol. The molecule has 1 aromatic heterocycles. The van der Waals surface area contributed by atoms with Crippen molar-refractivity contribution in [3.63, 3.8) is 0 Å². The van der Waals surface area contributed by atoms with Gasteiger partial charge >= 0.3 is 0 Å². The number of amides is 2. The smallest absolute Gasteiger partial charge is 0.272 e. The molecule has 6 nitrogen and oxygen atoms in total. The Bertz CT molecular complexity index is 854. The molecule has 2 aromatic rings. The number of piperazine rings is 1. The van der Waals surface area contributed by atoms with Gasteiger partial charge in [-0.2, -0.15) is 0 Å². The molecule has 4 rings (SSSR count). The summed E-state index contributed by atoms with van der Waals surface area (Å²) in [6, 6.07) is 13.6. The Labute approximate surface area is 172 Å². The highest BCUT2D eigenvalue weighted by Crippen LogP contribution is 2.19. The molecule has 6 heteroatoms. The molecule has 1 aromatic carbocycles. The summed E-state index contributed by atoms with van der Waals surface area (Å²) in [6.07, 6.45) is 3.65. The van der Waals surface area contributed by atoms with Crippen LogP contribution in [0.2, 0.25) is 0 Å². The van der Waals surface area contributed by atoms with Crippen LogP contribution in [0.1, 0.15) is 40.6 Å². The number of pyridine rings is 1. The third-order valence-corrected chi connectivity index (χ3v) is 5.99. The monoisotopic (exact) mass is 392 g/mol. The second kappa shape index (κ2) is 8.64. The van der Waals surface area contributed by atoms with Crippen LogP contribution in [0.25, 0.3) is 0 Å². The Morgan fingerprint density at radius 2 is 1.52 bits per heavy atom. The molecule has 0 atom stereocenters. The fourth-order valence-corrected chi connectivity index (χ4v) is 4.04. The molecule has 2 amide bonds. The molecule has 2 saturated heterocycles. The van der Waals surface area contributed by atoms with E-state index >= 15 is 0 Å². The highest BCUT2D eigenvalue weighted by atomic mass is 16.2. The molecule has 0 aliphatic carbocycles. The predicted molar refractivity (Wildman–Crippen MR) is 113 cm³/mol. The number of carbonyl (C=O) groups excluding carboxylic acids is 2. The van der Waals surface area contributed by atoms with Crippen LogP contribution in [-0.2, 0) is 0 Å². The van der Waals surface area contributed by atoms with E-state index in [1.54, 1.807) is 18.3 Å². The van der Waals surface area contributed by atoms with Gasteiger partial charge in [0.2, 0.25) is 0 Å². The van der Waals surface area contributed by atoms with Crippen molar-refractivity contribution in [2.75, 3.05) is 44.2 Å². The summed E-state index contributed by atoms with van der Waals surface area (Å²) in [5.41, 5.74) is 2.09. The minimum absolute atomic E-state index is 0.00208. The molecular formula is C23H28N4O2. The second-order valence-electron chi connectivity index (χ2n) is 8.02. The predicted octanol–water partition coefficient (Wildman–Crippen LogP) is 2.92. The maximum Gasteiger partial charge on any atom is 0.272 e. The quantitative estimate of drug-likeness (QED) is 0.806. The first-order chi connectivity index (χ1) is 14.1. The molecule has 152 valence electrons. The van der Waals surface area contributed by atoms with Crippen molar-refractivity contribution in [1.29, 1.82) is 0 Å². The van der Waals surface area contributed by atoms with Crippen molar-refractivity contribution >= 4 is 17.5 Å². The van der Waals surface area contributed by atoms with Crippen molar-refractivity contribution in [3.8, 4) is 0 Å². The van der Waals surface area contributed by atoms with E-state index in [0.717, 1.165) is 39.0 Å². The van der Waals surface area contributed by atoms with Crippen molar-refractivity contribution in [3.05, 3.63) is 59.9 Å². The van der Waals surface area contributed by atoms with Crippen LogP contribution in [0.5, 0.6) is 0 Å². The fraction of sp³-hybridized carbons (Fsp3) is 0.435. The summed E-state index contributed by atoms with van der Waals surface area (Å²) in [6.45, 7) is 6.68. The van der Waals surface area contributed by atoms with Gasteiger partial charge in [-0.15, -0.1) is 0 Å². The van der Waals surface area contributed by atoms with Gasteiger partial charge in [0.25, 0.3) is 11.8 Å². The zero-order chi connectivity index (χ0) is 20.2. The zero-order valence-corrected chi connectivity index (χ0v) is 17.0. The van der Waals surface area contributed by atoms with E-state index in [4.69, 9.17) is 0 Å². The van der Waals surface area contributed by atoms with Gasteiger partial charge in [0.15, 0.2) is 0 Å². The molecule has 0 radical (unpaired) electrons. The lowest BCUT2D eigenvalue weighted by molar-refractivity contribution is 0.0697. The first-order valence-electron chi connectivity index (χ1n) is 10.5.